The number of hydrogen-bond acceptors (Lipinski definition) is 5. The van der Waals surface area contributed by atoms with Crippen molar-refractivity contribution in [3.63, 3.8) is 0 Å². The van der Waals surface area contributed by atoms with Crippen molar-refractivity contribution >= 4 is 0 Å². The summed E-state index contributed by atoms with van der Waals surface area (Å²) < 4.78 is 6.53. The Hall–Kier alpha value is -0.200. The maximum atomic E-state index is 11.9. The molecule has 12 atom stereocenters. The minimum atomic E-state index is -0.673. The number of aliphatic hydroxyl groups excluding tert-OH is 3. The summed E-state index contributed by atoms with van der Waals surface area (Å²) in [5.41, 5.74) is 7.26. The molecular weight excluding hydrogens is 414 g/mol. The monoisotopic (exact) mass is 461 g/mol. The number of ether oxygens (including phenoxy) is 1. The maximum absolute atomic E-state index is 11.9. The number of fused-ring (bicyclic) bond motifs is 4. The quantitative estimate of drug-likeness (QED) is 0.504. The zero-order valence-corrected chi connectivity index (χ0v) is 21.4. The van der Waals surface area contributed by atoms with E-state index in [1.807, 2.05) is 13.8 Å². The summed E-state index contributed by atoms with van der Waals surface area (Å²) in [5.74, 6) is 1.29. The van der Waals surface area contributed by atoms with E-state index in [-0.39, 0.29) is 46.4 Å². The Morgan fingerprint density at radius 1 is 0.879 bits per heavy atom. The first-order valence-corrected chi connectivity index (χ1v) is 13.9. The van der Waals surface area contributed by atoms with Crippen molar-refractivity contribution in [2.45, 2.75) is 128 Å². The van der Waals surface area contributed by atoms with Crippen molar-refractivity contribution in [1.82, 2.24) is 0 Å². The first-order valence-electron chi connectivity index (χ1n) is 13.9. The van der Waals surface area contributed by atoms with Crippen molar-refractivity contribution in [2.24, 2.45) is 51.1 Å². The summed E-state index contributed by atoms with van der Waals surface area (Å²) >= 11 is 0. The highest BCUT2D eigenvalue weighted by Crippen LogP contribution is 2.87. The minimum Gasteiger partial charge on any atom is -0.393 e. The fourth-order valence-electron chi connectivity index (χ4n) is 11.1. The average molecular weight is 462 g/mol. The second-order valence-electron chi connectivity index (χ2n) is 14.4. The third-order valence-corrected chi connectivity index (χ3v) is 13.0. The van der Waals surface area contributed by atoms with Gasteiger partial charge in [0.2, 0.25) is 0 Å². The highest BCUT2D eigenvalue weighted by molar-refractivity contribution is 5.35. The fourth-order valence-corrected chi connectivity index (χ4v) is 11.1. The van der Waals surface area contributed by atoms with E-state index in [4.69, 9.17) is 10.5 Å². The van der Waals surface area contributed by atoms with Gasteiger partial charge < -0.3 is 25.8 Å². The fraction of sp³-hybridized carbons (Fsp3) is 1.00. The van der Waals surface area contributed by atoms with Crippen LogP contribution >= 0.6 is 0 Å². The molecule has 1 saturated heterocycles. The van der Waals surface area contributed by atoms with E-state index in [2.05, 4.69) is 20.8 Å². The Kier molecular flexibility index (Phi) is 4.76. The smallest absolute Gasteiger partial charge is 0.0992 e. The third-order valence-electron chi connectivity index (χ3n) is 13.0. The van der Waals surface area contributed by atoms with Crippen LogP contribution in [-0.2, 0) is 4.74 Å². The summed E-state index contributed by atoms with van der Waals surface area (Å²) in [4.78, 5) is 0. The van der Waals surface area contributed by atoms with E-state index in [1.54, 1.807) is 0 Å². The standard InChI is InChI=1S/C28H47NO4/c1-15(2)21(31)17-7-6-16-22(33-17)23(32)28(29)19-9-8-18-24(3,4)20(30)10-11-26(18)14-27(19,26)13-12-25(16,28)5/h15-23,30-32H,6-14,29H2,1-5H3. The summed E-state index contributed by atoms with van der Waals surface area (Å²) in [6, 6.07) is 0. The average Bonchev–Trinajstić information content (AvgIpc) is 3.41. The lowest BCUT2D eigenvalue weighted by atomic mass is 9.44. The van der Waals surface area contributed by atoms with Gasteiger partial charge >= 0.3 is 0 Å². The molecule has 1 heterocycles. The van der Waals surface area contributed by atoms with Crippen molar-refractivity contribution in [2.75, 3.05) is 0 Å². The second kappa shape index (κ2) is 6.76. The molecule has 1 aliphatic heterocycles. The van der Waals surface area contributed by atoms with Gasteiger partial charge in [0.25, 0.3) is 0 Å². The van der Waals surface area contributed by atoms with Gasteiger partial charge in [-0.2, -0.15) is 0 Å². The van der Waals surface area contributed by atoms with E-state index < -0.39 is 17.7 Å². The van der Waals surface area contributed by atoms with Gasteiger partial charge in [-0.3, -0.25) is 0 Å². The molecule has 188 valence electrons. The highest BCUT2D eigenvalue weighted by Gasteiger charge is 2.84. The Morgan fingerprint density at radius 2 is 1.55 bits per heavy atom. The molecule has 0 bridgehead atoms. The zero-order chi connectivity index (χ0) is 23.8. The molecule has 2 spiro atoms. The number of rotatable bonds is 2. The van der Waals surface area contributed by atoms with Gasteiger partial charge in [0, 0.05) is 0 Å². The molecule has 0 amide bonds. The van der Waals surface area contributed by atoms with Crippen molar-refractivity contribution in [3.8, 4) is 0 Å². The lowest BCUT2D eigenvalue weighted by Gasteiger charge is -2.63. The Balaban J connectivity index is 1.35. The molecular formula is C28H47NO4. The third kappa shape index (κ3) is 2.48. The van der Waals surface area contributed by atoms with Crippen LogP contribution in [0.15, 0.2) is 0 Å². The molecule has 6 aliphatic rings. The SMILES string of the molecule is CC(C)C(O)C1CCC2C(O1)C(O)C1(N)C3CCC4C(C)(C)C(O)CCC45CC35CCC21C. The summed E-state index contributed by atoms with van der Waals surface area (Å²) in [6.45, 7) is 11.0. The molecule has 5 nitrogen and oxygen atoms in total. The molecule has 0 aromatic heterocycles. The van der Waals surface area contributed by atoms with E-state index >= 15 is 0 Å². The van der Waals surface area contributed by atoms with Crippen LogP contribution in [-0.4, -0.2) is 51.4 Å². The first-order chi connectivity index (χ1) is 15.4. The first kappa shape index (κ1) is 23.2. The zero-order valence-electron chi connectivity index (χ0n) is 21.4. The number of nitrogens with two attached hydrogens (primary N) is 1. The predicted molar refractivity (Wildman–Crippen MR) is 127 cm³/mol. The maximum Gasteiger partial charge on any atom is 0.0992 e. The van der Waals surface area contributed by atoms with Crippen LogP contribution in [0, 0.1) is 45.3 Å². The molecule has 6 rings (SSSR count). The largest absolute Gasteiger partial charge is 0.393 e. The molecule has 12 unspecified atom stereocenters. The molecule has 5 aliphatic carbocycles. The molecule has 0 radical (unpaired) electrons. The molecule has 0 aromatic carbocycles. The molecule has 5 saturated carbocycles. The van der Waals surface area contributed by atoms with Crippen LogP contribution in [0.4, 0.5) is 0 Å². The minimum absolute atomic E-state index is 0.0408. The lowest BCUT2D eigenvalue weighted by Crippen LogP contribution is -2.69. The van der Waals surface area contributed by atoms with Crippen LogP contribution in [0.3, 0.4) is 0 Å². The Morgan fingerprint density at radius 3 is 2.24 bits per heavy atom. The van der Waals surface area contributed by atoms with Gasteiger partial charge in [-0.05, 0) is 103 Å². The number of hydrogen-bond donors (Lipinski definition) is 4. The van der Waals surface area contributed by atoms with Gasteiger partial charge in [-0.1, -0.05) is 34.6 Å². The van der Waals surface area contributed by atoms with E-state index in [0.717, 1.165) is 44.9 Å². The molecule has 5 heteroatoms. The van der Waals surface area contributed by atoms with Crippen LogP contribution in [0.1, 0.15) is 92.4 Å². The predicted octanol–water partition coefficient (Wildman–Crippen LogP) is 3.62. The Labute approximate surface area is 199 Å². The lowest BCUT2D eigenvalue weighted by molar-refractivity contribution is -0.164. The van der Waals surface area contributed by atoms with Crippen molar-refractivity contribution in [3.05, 3.63) is 0 Å². The van der Waals surface area contributed by atoms with Gasteiger partial charge in [0.1, 0.15) is 0 Å². The van der Waals surface area contributed by atoms with E-state index in [0.29, 0.717) is 17.3 Å². The van der Waals surface area contributed by atoms with Crippen molar-refractivity contribution in [1.29, 1.82) is 0 Å². The van der Waals surface area contributed by atoms with E-state index in [9.17, 15) is 15.3 Å². The normalized spacial score (nSPS) is 59.6. The molecule has 33 heavy (non-hydrogen) atoms. The molecule has 6 fully saturated rings. The summed E-state index contributed by atoms with van der Waals surface area (Å²) in [5, 5.41) is 33.5. The summed E-state index contributed by atoms with van der Waals surface area (Å²) in [7, 11) is 0. The highest BCUT2D eigenvalue weighted by atomic mass is 16.5. The molecule has 5 N–H and O–H groups in total. The molecule has 0 aromatic rings. The van der Waals surface area contributed by atoms with Gasteiger partial charge in [-0.25, -0.2) is 0 Å². The van der Waals surface area contributed by atoms with Gasteiger partial charge in [-0.15, -0.1) is 0 Å². The number of aliphatic hydroxyl groups is 3. The second-order valence-corrected chi connectivity index (χ2v) is 14.4. The van der Waals surface area contributed by atoms with Crippen LogP contribution in [0.5, 0.6) is 0 Å². The Bertz CT molecular complexity index is 831. The van der Waals surface area contributed by atoms with Crippen molar-refractivity contribution < 1.29 is 20.1 Å². The van der Waals surface area contributed by atoms with Gasteiger partial charge in [0.15, 0.2) is 0 Å². The van der Waals surface area contributed by atoms with Crippen LogP contribution < -0.4 is 5.73 Å². The van der Waals surface area contributed by atoms with Gasteiger partial charge in [0.05, 0.1) is 36.1 Å². The summed E-state index contributed by atoms with van der Waals surface area (Å²) in [6.07, 6.45) is 7.70. The topological polar surface area (TPSA) is 95.9 Å². The van der Waals surface area contributed by atoms with E-state index in [1.165, 1.54) is 12.8 Å². The van der Waals surface area contributed by atoms with Crippen LogP contribution in [0.2, 0.25) is 0 Å². The van der Waals surface area contributed by atoms with Crippen LogP contribution in [0.25, 0.3) is 0 Å².